The molecule has 1 amide bonds. The van der Waals surface area contributed by atoms with E-state index in [1.807, 2.05) is 7.05 Å². The molecule has 1 fully saturated rings. The van der Waals surface area contributed by atoms with E-state index in [1.54, 1.807) is 23.1 Å². The summed E-state index contributed by atoms with van der Waals surface area (Å²) >= 11 is 12.0. The number of carbonyl (C=O) groups excluding carboxylic acids is 1. The zero-order valence-electron chi connectivity index (χ0n) is 10.8. The Kier molecular flexibility index (Phi) is 4.68. The smallest absolute Gasteiger partial charge is 0.255 e. The van der Waals surface area contributed by atoms with Crippen molar-refractivity contribution in [2.24, 2.45) is 5.73 Å². The number of halogens is 2. The molecular formula is C13H17Cl2N3O. The van der Waals surface area contributed by atoms with Crippen molar-refractivity contribution in [1.82, 2.24) is 9.80 Å². The first-order valence-electron chi connectivity index (χ1n) is 6.17. The summed E-state index contributed by atoms with van der Waals surface area (Å²) in [6, 6.07) is 4.94. The number of hydrogen-bond acceptors (Lipinski definition) is 3. The van der Waals surface area contributed by atoms with Crippen molar-refractivity contribution < 1.29 is 4.79 Å². The molecule has 1 saturated heterocycles. The highest BCUT2D eigenvalue weighted by Gasteiger charge is 2.29. The number of likely N-dealkylation sites (N-methyl/N-ethyl adjacent to an activating group) is 1. The first-order valence-corrected chi connectivity index (χ1v) is 6.93. The lowest BCUT2D eigenvalue weighted by molar-refractivity contribution is 0.0516. The Bertz CT molecular complexity index is 481. The van der Waals surface area contributed by atoms with Gasteiger partial charge in [-0.2, -0.15) is 0 Å². The lowest BCUT2D eigenvalue weighted by atomic mass is 10.1. The fourth-order valence-electron chi connectivity index (χ4n) is 2.30. The van der Waals surface area contributed by atoms with Gasteiger partial charge < -0.3 is 15.5 Å². The summed E-state index contributed by atoms with van der Waals surface area (Å²) in [5.74, 6) is -0.101. The van der Waals surface area contributed by atoms with E-state index >= 15 is 0 Å². The summed E-state index contributed by atoms with van der Waals surface area (Å²) in [5, 5.41) is 0.926. The van der Waals surface area contributed by atoms with E-state index in [4.69, 9.17) is 28.9 Å². The summed E-state index contributed by atoms with van der Waals surface area (Å²) in [6.45, 7) is 2.70. The van der Waals surface area contributed by atoms with Crippen LogP contribution in [0.1, 0.15) is 10.4 Å². The maximum absolute atomic E-state index is 12.6. The summed E-state index contributed by atoms with van der Waals surface area (Å²) in [4.78, 5) is 16.5. The molecule has 1 aliphatic heterocycles. The van der Waals surface area contributed by atoms with E-state index < -0.39 is 0 Å². The molecule has 0 aliphatic carbocycles. The Morgan fingerprint density at radius 3 is 2.84 bits per heavy atom. The highest BCUT2D eigenvalue weighted by molar-refractivity contribution is 6.35. The molecule has 6 heteroatoms. The van der Waals surface area contributed by atoms with Crippen molar-refractivity contribution >= 4 is 29.1 Å². The molecule has 4 nitrogen and oxygen atoms in total. The zero-order chi connectivity index (χ0) is 14.0. The number of carbonyl (C=O) groups is 1. The van der Waals surface area contributed by atoms with Gasteiger partial charge in [0.15, 0.2) is 0 Å². The second-order valence-corrected chi connectivity index (χ2v) is 5.62. The molecule has 0 bridgehead atoms. The lowest BCUT2D eigenvalue weighted by Crippen LogP contribution is -2.56. The zero-order valence-corrected chi connectivity index (χ0v) is 12.3. The van der Waals surface area contributed by atoms with Crippen LogP contribution in [0.4, 0.5) is 0 Å². The van der Waals surface area contributed by atoms with Crippen LogP contribution in [0.25, 0.3) is 0 Å². The van der Waals surface area contributed by atoms with Crippen molar-refractivity contribution in [1.29, 1.82) is 0 Å². The van der Waals surface area contributed by atoms with Crippen molar-refractivity contribution in [2.45, 2.75) is 6.04 Å². The van der Waals surface area contributed by atoms with Crippen LogP contribution in [0.3, 0.4) is 0 Å². The standard InChI is InChI=1S/C13H17Cl2N3O/c1-17-4-5-18(10(7-16)8-17)13(19)11-6-9(14)2-3-12(11)15/h2-3,6,10H,4-5,7-8,16H2,1H3. The molecule has 104 valence electrons. The highest BCUT2D eigenvalue weighted by Crippen LogP contribution is 2.23. The monoisotopic (exact) mass is 301 g/mol. The maximum Gasteiger partial charge on any atom is 0.255 e. The fraction of sp³-hybridized carbons (Fsp3) is 0.462. The van der Waals surface area contributed by atoms with Crippen molar-refractivity contribution in [3.8, 4) is 0 Å². The predicted octanol–water partition coefficient (Wildman–Crippen LogP) is 1.71. The van der Waals surface area contributed by atoms with Crippen LogP contribution in [0.5, 0.6) is 0 Å². The minimum Gasteiger partial charge on any atom is -0.332 e. The third-order valence-electron chi connectivity index (χ3n) is 3.38. The fourth-order valence-corrected chi connectivity index (χ4v) is 2.67. The second-order valence-electron chi connectivity index (χ2n) is 4.77. The SMILES string of the molecule is CN1CCN(C(=O)c2cc(Cl)ccc2Cl)C(CN)C1. The summed E-state index contributed by atoms with van der Waals surface area (Å²) in [7, 11) is 2.02. The molecule has 1 heterocycles. The van der Waals surface area contributed by atoms with Crippen LogP contribution in [0, 0.1) is 0 Å². The van der Waals surface area contributed by atoms with Gasteiger partial charge in [-0.25, -0.2) is 0 Å². The first kappa shape index (κ1) is 14.6. The molecule has 1 unspecified atom stereocenters. The third kappa shape index (κ3) is 3.20. The van der Waals surface area contributed by atoms with Crippen molar-refractivity contribution in [2.75, 3.05) is 33.2 Å². The van der Waals surface area contributed by atoms with Gasteiger partial charge in [0.2, 0.25) is 0 Å². The average molecular weight is 302 g/mol. The van der Waals surface area contributed by atoms with Crippen LogP contribution in [0.15, 0.2) is 18.2 Å². The van der Waals surface area contributed by atoms with E-state index in [0.29, 0.717) is 28.7 Å². The molecule has 1 aromatic carbocycles. The Morgan fingerprint density at radius 2 is 2.16 bits per heavy atom. The quantitative estimate of drug-likeness (QED) is 0.905. The van der Waals surface area contributed by atoms with Crippen LogP contribution >= 0.6 is 23.2 Å². The lowest BCUT2D eigenvalue weighted by Gasteiger charge is -2.39. The number of nitrogens with two attached hydrogens (primary N) is 1. The van der Waals surface area contributed by atoms with Gasteiger partial charge in [-0.3, -0.25) is 4.79 Å². The number of amides is 1. The molecule has 19 heavy (non-hydrogen) atoms. The van der Waals surface area contributed by atoms with Gasteiger partial charge >= 0.3 is 0 Å². The Morgan fingerprint density at radius 1 is 1.42 bits per heavy atom. The molecule has 1 aromatic rings. The van der Waals surface area contributed by atoms with Crippen LogP contribution in [-0.4, -0.2) is 55.0 Å². The molecular weight excluding hydrogens is 285 g/mol. The van der Waals surface area contributed by atoms with E-state index in [0.717, 1.165) is 13.1 Å². The third-order valence-corrected chi connectivity index (χ3v) is 3.94. The average Bonchev–Trinajstić information content (AvgIpc) is 2.40. The van der Waals surface area contributed by atoms with E-state index in [9.17, 15) is 4.79 Å². The van der Waals surface area contributed by atoms with Crippen LogP contribution in [-0.2, 0) is 0 Å². The van der Waals surface area contributed by atoms with E-state index in [-0.39, 0.29) is 11.9 Å². The molecule has 2 rings (SSSR count). The van der Waals surface area contributed by atoms with E-state index in [1.165, 1.54) is 0 Å². The molecule has 0 radical (unpaired) electrons. The number of nitrogens with zero attached hydrogens (tertiary/aromatic N) is 2. The maximum atomic E-state index is 12.6. The molecule has 1 aliphatic rings. The normalized spacial score (nSPS) is 20.6. The number of benzene rings is 1. The topological polar surface area (TPSA) is 49.6 Å². The summed E-state index contributed by atoms with van der Waals surface area (Å²) in [6.07, 6.45) is 0. The van der Waals surface area contributed by atoms with Crippen LogP contribution < -0.4 is 5.73 Å². The van der Waals surface area contributed by atoms with Crippen molar-refractivity contribution in [3.63, 3.8) is 0 Å². The van der Waals surface area contributed by atoms with Gasteiger partial charge in [-0.05, 0) is 25.2 Å². The summed E-state index contributed by atoms with van der Waals surface area (Å²) in [5.41, 5.74) is 6.20. The molecule has 0 spiro atoms. The minimum absolute atomic E-state index is 0.0151. The first-order chi connectivity index (χ1) is 9.02. The van der Waals surface area contributed by atoms with Crippen LogP contribution in [0.2, 0.25) is 10.0 Å². The largest absolute Gasteiger partial charge is 0.332 e. The number of piperazine rings is 1. The Balaban J connectivity index is 2.25. The molecule has 0 saturated carbocycles. The van der Waals surface area contributed by atoms with Gasteiger partial charge in [-0.1, -0.05) is 23.2 Å². The minimum atomic E-state index is -0.101. The Hall–Kier alpha value is -0.810. The molecule has 1 atom stereocenters. The van der Waals surface area contributed by atoms with Gasteiger partial charge in [0.05, 0.1) is 16.6 Å². The van der Waals surface area contributed by atoms with Gasteiger partial charge in [0.1, 0.15) is 0 Å². The molecule has 0 aromatic heterocycles. The highest BCUT2D eigenvalue weighted by atomic mass is 35.5. The summed E-state index contributed by atoms with van der Waals surface area (Å²) < 4.78 is 0. The number of rotatable bonds is 2. The predicted molar refractivity (Wildman–Crippen MR) is 77.8 cm³/mol. The number of hydrogen-bond donors (Lipinski definition) is 1. The van der Waals surface area contributed by atoms with Crippen molar-refractivity contribution in [3.05, 3.63) is 33.8 Å². The van der Waals surface area contributed by atoms with E-state index in [2.05, 4.69) is 4.90 Å². The van der Waals surface area contributed by atoms with Gasteiger partial charge in [-0.15, -0.1) is 0 Å². The van der Waals surface area contributed by atoms with Gasteiger partial charge in [0, 0.05) is 31.2 Å². The van der Waals surface area contributed by atoms with Gasteiger partial charge in [0.25, 0.3) is 5.91 Å². The Labute approximate surface area is 123 Å². The molecule has 2 N–H and O–H groups in total. The second kappa shape index (κ2) is 6.09.